The van der Waals surface area contributed by atoms with Gasteiger partial charge in [0, 0.05) is 10.8 Å². The van der Waals surface area contributed by atoms with E-state index in [9.17, 15) is 4.39 Å². The first-order valence-corrected chi connectivity index (χ1v) is 13.2. The van der Waals surface area contributed by atoms with Gasteiger partial charge in [0.15, 0.2) is 0 Å². The Hall–Kier alpha value is -4.95. The number of benzene rings is 8. The second-order valence-corrected chi connectivity index (χ2v) is 10.2. The summed E-state index contributed by atoms with van der Waals surface area (Å²) >= 11 is 0. The molecule has 39 heavy (non-hydrogen) atoms. The number of methoxy groups -OCH3 is 1. The molecule has 1 nitrogen and oxygen atoms in total. The van der Waals surface area contributed by atoms with E-state index in [1.165, 1.54) is 66.3 Å². The number of rotatable bonds is 3. The van der Waals surface area contributed by atoms with Gasteiger partial charge in [0.1, 0.15) is 11.6 Å². The van der Waals surface area contributed by atoms with Crippen LogP contribution in [-0.2, 0) is 0 Å². The van der Waals surface area contributed by atoms with Gasteiger partial charge in [-0.15, -0.1) is 0 Å². The summed E-state index contributed by atoms with van der Waals surface area (Å²) in [6.45, 7) is 0. The van der Waals surface area contributed by atoms with Crippen molar-refractivity contribution in [3.05, 3.63) is 127 Å². The van der Waals surface area contributed by atoms with E-state index >= 15 is 0 Å². The smallest absolute Gasteiger partial charge is 0.134 e. The van der Waals surface area contributed by atoms with Crippen LogP contribution >= 0.6 is 0 Å². The molecule has 2 heteroatoms. The van der Waals surface area contributed by atoms with Crippen molar-refractivity contribution in [2.75, 3.05) is 7.11 Å². The van der Waals surface area contributed by atoms with Gasteiger partial charge in [-0.25, -0.2) is 4.39 Å². The van der Waals surface area contributed by atoms with Crippen LogP contribution in [-0.4, -0.2) is 7.11 Å². The minimum atomic E-state index is -0.222. The lowest BCUT2D eigenvalue weighted by atomic mass is 9.85. The van der Waals surface area contributed by atoms with Crippen molar-refractivity contribution in [2.24, 2.45) is 0 Å². The second kappa shape index (κ2) is 8.28. The highest BCUT2D eigenvalue weighted by Crippen LogP contribution is 2.47. The van der Waals surface area contributed by atoms with Gasteiger partial charge in [-0.3, -0.25) is 0 Å². The fourth-order valence-corrected chi connectivity index (χ4v) is 6.50. The summed E-state index contributed by atoms with van der Waals surface area (Å²) < 4.78 is 19.7. The van der Waals surface area contributed by atoms with Gasteiger partial charge >= 0.3 is 0 Å². The molecule has 0 fully saturated rings. The van der Waals surface area contributed by atoms with E-state index < -0.39 is 0 Å². The Bertz CT molecular complexity index is 2150. The predicted molar refractivity (Wildman–Crippen MR) is 163 cm³/mol. The van der Waals surface area contributed by atoms with E-state index in [4.69, 9.17) is 4.74 Å². The minimum absolute atomic E-state index is 0.222. The normalized spacial score (nSPS) is 11.8. The average molecular weight is 503 g/mol. The molecule has 0 aliphatic rings. The average Bonchev–Trinajstić information content (AvgIpc) is 2.99. The Morgan fingerprint density at radius 3 is 1.51 bits per heavy atom. The largest absolute Gasteiger partial charge is 0.495 e. The minimum Gasteiger partial charge on any atom is -0.495 e. The summed E-state index contributed by atoms with van der Waals surface area (Å²) in [6, 6.07) is 41.6. The SMILES string of the molecule is COc1c2ccccc2c(-c2ccc3ccc4c(-c5ccc(F)cc5)ccc5ccc2c3c54)c2ccccc12. The van der Waals surface area contributed by atoms with Crippen molar-refractivity contribution in [2.45, 2.75) is 0 Å². The summed E-state index contributed by atoms with van der Waals surface area (Å²) in [4.78, 5) is 0. The monoisotopic (exact) mass is 502 g/mol. The Balaban J connectivity index is 1.52. The van der Waals surface area contributed by atoms with Crippen molar-refractivity contribution in [1.29, 1.82) is 0 Å². The summed E-state index contributed by atoms with van der Waals surface area (Å²) in [5, 5.41) is 11.9. The maximum absolute atomic E-state index is 13.7. The van der Waals surface area contributed by atoms with Crippen molar-refractivity contribution < 1.29 is 9.13 Å². The van der Waals surface area contributed by atoms with Crippen molar-refractivity contribution in [1.82, 2.24) is 0 Å². The second-order valence-electron chi connectivity index (χ2n) is 10.2. The van der Waals surface area contributed by atoms with Gasteiger partial charge in [0.25, 0.3) is 0 Å². The number of fused-ring (bicyclic) bond motifs is 2. The standard InChI is InChI=1S/C37H23FO/c1-39-37-32-8-4-2-6-27(32)36(28-7-3-5-9-33(28)37)31-21-15-24-13-19-29-26(22-10-16-25(38)17-11-22)18-12-23-14-20-30(31)35(24)34(23)29/h2-21H,1H3. The maximum atomic E-state index is 13.7. The molecule has 0 aliphatic carbocycles. The summed E-state index contributed by atoms with van der Waals surface area (Å²) in [5.41, 5.74) is 4.56. The molecule has 8 aromatic rings. The molecule has 8 aromatic carbocycles. The molecule has 0 spiro atoms. The number of halogens is 1. The van der Waals surface area contributed by atoms with Crippen molar-refractivity contribution in [3.8, 4) is 28.0 Å². The lowest BCUT2D eigenvalue weighted by Gasteiger charge is -2.20. The zero-order chi connectivity index (χ0) is 26.1. The van der Waals surface area contributed by atoms with Crippen LogP contribution in [0.15, 0.2) is 121 Å². The van der Waals surface area contributed by atoms with Crippen LogP contribution in [0.4, 0.5) is 4.39 Å². The molecule has 184 valence electrons. The lowest BCUT2D eigenvalue weighted by Crippen LogP contribution is -1.93. The van der Waals surface area contributed by atoms with Crippen LogP contribution in [0.3, 0.4) is 0 Å². The molecule has 0 unspecified atom stereocenters. The van der Waals surface area contributed by atoms with Crippen LogP contribution in [0.25, 0.3) is 76.1 Å². The highest BCUT2D eigenvalue weighted by molar-refractivity contribution is 6.29. The van der Waals surface area contributed by atoms with Crippen LogP contribution in [0.5, 0.6) is 5.75 Å². The summed E-state index contributed by atoms with van der Waals surface area (Å²) in [6.07, 6.45) is 0. The van der Waals surface area contributed by atoms with Gasteiger partial charge in [-0.2, -0.15) is 0 Å². The third-order valence-corrected chi connectivity index (χ3v) is 8.18. The molecule has 0 bridgehead atoms. The summed E-state index contributed by atoms with van der Waals surface area (Å²) in [5.74, 6) is 0.687. The molecular weight excluding hydrogens is 479 g/mol. The van der Waals surface area contributed by atoms with Crippen LogP contribution in [0, 0.1) is 5.82 Å². The molecule has 0 radical (unpaired) electrons. The van der Waals surface area contributed by atoms with E-state index in [1.807, 2.05) is 12.1 Å². The lowest BCUT2D eigenvalue weighted by molar-refractivity contribution is 0.424. The fraction of sp³-hybridized carbons (Fsp3) is 0.0270. The first-order chi connectivity index (χ1) is 19.2. The van der Waals surface area contributed by atoms with Gasteiger partial charge in [0.2, 0.25) is 0 Å². The first kappa shape index (κ1) is 22.1. The van der Waals surface area contributed by atoms with Gasteiger partial charge in [-0.1, -0.05) is 109 Å². The van der Waals surface area contributed by atoms with Crippen LogP contribution < -0.4 is 4.74 Å². The molecule has 0 atom stereocenters. The number of hydrogen-bond donors (Lipinski definition) is 0. The zero-order valence-corrected chi connectivity index (χ0v) is 21.3. The van der Waals surface area contributed by atoms with E-state index in [0.29, 0.717) is 0 Å². The maximum Gasteiger partial charge on any atom is 0.134 e. The number of hydrogen-bond acceptors (Lipinski definition) is 1. The molecular formula is C37H23FO. The Morgan fingerprint density at radius 1 is 0.462 bits per heavy atom. The highest BCUT2D eigenvalue weighted by atomic mass is 19.1. The molecule has 0 N–H and O–H groups in total. The molecule has 0 amide bonds. The van der Waals surface area contributed by atoms with E-state index in [0.717, 1.165) is 27.6 Å². The Labute approximate surface area is 225 Å². The van der Waals surface area contributed by atoms with Crippen LogP contribution in [0.1, 0.15) is 0 Å². The molecule has 0 heterocycles. The van der Waals surface area contributed by atoms with Gasteiger partial charge in [-0.05, 0) is 77.5 Å². The molecule has 0 saturated carbocycles. The molecule has 0 aromatic heterocycles. The summed E-state index contributed by atoms with van der Waals surface area (Å²) in [7, 11) is 1.75. The van der Waals surface area contributed by atoms with Crippen LogP contribution in [0.2, 0.25) is 0 Å². The molecule has 8 rings (SSSR count). The highest BCUT2D eigenvalue weighted by Gasteiger charge is 2.19. The van der Waals surface area contributed by atoms with Crippen molar-refractivity contribution in [3.63, 3.8) is 0 Å². The topological polar surface area (TPSA) is 9.23 Å². The molecule has 0 saturated heterocycles. The fourth-order valence-electron chi connectivity index (χ4n) is 6.50. The first-order valence-electron chi connectivity index (χ1n) is 13.2. The predicted octanol–water partition coefficient (Wildman–Crippen LogP) is 10.4. The van der Waals surface area contributed by atoms with E-state index in [-0.39, 0.29) is 5.82 Å². The van der Waals surface area contributed by atoms with E-state index in [2.05, 4.69) is 97.1 Å². The Morgan fingerprint density at radius 2 is 0.949 bits per heavy atom. The third-order valence-electron chi connectivity index (χ3n) is 8.18. The van der Waals surface area contributed by atoms with Gasteiger partial charge in [0.05, 0.1) is 7.11 Å². The Kier molecular flexibility index (Phi) is 4.68. The van der Waals surface area contributed by atoms with Crippen molar-refractivity contribution >= 4 is 53.9 Å². The third kappa shape index (κ3) is 3.12. The van der Waals surface area contributed by atoms with Gasteiger partial charge < -0.3 is 4.74 Å². The van der Waals surface area contributed by atoms with E-state index in [1.54, 1.807) is 7.11 Å². The molecule has 0 aliphatic heterocycles. The zero-order valence-electron chi connectivity index (χ0n) is 21.3. The quantitative estimate of drug-likeness (QED) is 0.172. The number of ether oxygens (including phenoxy) is 1.